The van der Waals surface area contributed by atoms with Gasteiger partial charge in [-0.05, 0) is 49.2 Å². The molecule has 0 bridgehead atoms. The van der Waals surface area contributed by atoms with Crippen LogP contribution in [0.1, 0.15) is 59.5 Å². The zero-order valence-corrected chi connectivity index (χ0v) is 42.4. The third-order valence-electron chi connectivity index (χ3n) is 10.8. The fourth-order valence-corrected chi connectivity index (χ4v) is 6.87. The minimum absolute atomic E-state index is 0.00182. The number of carboxylic acids is 1. The van der Waals surface area contributed by atoms with Gasteiger partial charge in [-0.2, -0.15) is 0 Å². The number of esters is 2. The fourth-order valence-electron chi connectivity index (χ4n) is 6.87. The van der Waals surface area contributed by atoms with Gasteiger partial charge >= 0.3 is 17.9 Å². The molecule has 0 radical (unpaired) electrons. The number of carboxylic acid groups (broad SMARTS) is 1. The number of aliphatic carboxylic acids is 1. The number of hydrogen-bond donors (Lipinski definition) is 9. The van der Waals surface area contributed by atoms with Crippen molar-refractivity contribution < 1.29 is 117 Å². The minimum atomic E-state index is -1.99. The number of nitrogens with zero attached hydrogens (tertiary/aromatic N) is 2. The monoisotopic (exact) mass is 1080 g/mol. The Morgan fingerprint density at radius 3 is 1.64 bits per heavy atom. The van der Waals surface area contributed by atoms with Gasteiger partial charge in [0, 0.05) is 40.0 Å². The Morgan fingerprint density at radius 1 is 0.618 bits per heavy atom. The molecule has 9 N–H and O–H groups in total. The van der Waals surface area contributed by atoms with E-state index in [0.29, 0.717) is 11.1 Å². The summed E-state index contributed by atoms with van der Waals surface area (Å²) >= 11 is 0. The van der Waals surface area contributed by atoms with E-state index in [1.165, 1.54) is 55.1 Å². The molecule has 2 aromatic rings. The molecule has 2 aromatic carbocycles. The predicted molar refractivity (Wildman–Crippen MR) is 256 cm³/mol. The summed E-state index contributed by atoms with van der Waals surface area (Å²) < 4.78 is 54.5. The van der Waals surface area contributed by atoms with E-state index in [9.17, 15) is 64.5 Å². The smallest absolute Gasteiger partial charge is 0.335 e. The van der Waals surface area contributed by atoms with Crippen LogP contribution in [0.4, 0.5) is 0 Å². The lowest BCUT2D eigenvalue weighted by molar-refractivity contribution is -0.271. The first kappa shape index (κ1) is 62.4. The van der Waals surface area contributed by atoms with Crippen molar-refractivity contribution >= 4 is 41.3 Å². The molecule has 2 aliphatic heterocycles. The molecule has 2 heterocycles. The maximum atomic E-state index is 13.5. The second-order valence-corrected chi connectivity index (χ2v) is 17.1. The Balaban J connectivity index is 1.32. The van der Waals surface area contributed by atoms with Crippen LogP contribution in [0.2, 0.25) is 0 Å². The Labute approximate surface area is 436 Å². The summed E-state index contributed by atoms with van der Waals surface area (Å²) in [4.78, 5) is 81.3. The highest BCUT2D eigenvalue weighted by molar-refractivity contribution is 5.97. The van der Waals surface area contributed by atoms with Gasteiger partial charge in [-0.15, -0.1) is 0 Å². The number of ether oxygens (including phenoxy) is 10. The normalized spacial score (nSPS) is 22.1. The number of carbonyl (C=O) groups is 6. The molecule has 2 aliphatic rings. The number of aliphatic hydroxyl groups excluding tert-OH is 6. The summed E-state index contributed by atoms with van der Waals surface area (Å²) in [7, 11) is 0. The van der Waals surface area contributed by atoms with Gasteiger partial charge in [0.25, 0.3) is 11.8 Å². The van der Waals surface area contributed by atoms with E-state index in [2.05, 4.69) is 15.8 Å². The van der Waals surface area contributed by atoms with Gasteiger partial charge in [0.15, 0.2) is 6.10 Å². The predicted octanol–water partition coefficient (Wildman–Crippen LogP) is -2.63. The van der Waals surface area contributed by atoms with Gasteiger partial charge in [0.2, 0.25) is 18.5 Å². The quantitative estimate of drug-likeness (QED) is 0.0157. The molecule has 0 unspecified atom stereocenters. The molecular formula is C48H68N4O24. The largest absolute Gasteiger partial charge is 0.479 e. The molecule has 3 amide bonds. The van der Waals surface area contributed by atoms with Gasteiger partial charge in [0.1, 0.15) is 74.6 Å². The fraction of sp³-hybridized carbons (Fsp3) is 0.604. The van der Waals surface area contributed by atoms with Crippen LogP contribution in [0.15, 0.2) is 41.6 Å². The van der Waals surface area contributed by atoms with Crippen molar-refractivity contribution in [3.63, 3.8) is 0 Å². The Morgan fingerprint density at radius 2 is 1.12 bits per heavy atom. The van der Waals surface area contributed by atoms with Gasteiger partial charge in [0.05, 0.1) is 69.7 Å². The molecule has 28 heteroatoms. The molecule has 0 aliphatic carbocycles. The Bertz CT molecular complexity index is 2230. The first-order valence-corrected chi connectivity index (χ1v) is 24.0. The highest BCUT2D eigenvalue weighted by Crippen LogP contribution is 2.29. The van der Waals surface area contributed by atoms with Crippen molar-refractivity contribution in [2.75, 3.05) is 92.2 Å². The summed E-state index contributed by atoms with van der Waals surface area (Å²) in [6.07, 6.45) is -15.7. The number of oxime groups is 1. The molecule has 9 atom stereocenters. The van der Waals surface area contributed by atoms with Crippen molar-refractivity contribution in [3.8, 4) is 11.5 Å². The molecule has 0 aromatic heterocycles. The molecule has 2 fully saturated rings. The third-order valence-corrected chi connectivity index (χ3v) is 10.8. The van der Waals surface area contributed by atoms with Crippen LogP contribution in [0, 0.1) is 0 Å². The number of rotatable bonds is 32. The van der Waals surface area contributed by atoms with E-state index in [1.54, 1.807) is 13.8 Å². The van der Waals surface area contributed by atoms with Gasteiger partial charge in [-0.3, -0.25) is 24.0 Å². The number of benzene rings is 2. The summed E-state index contributed by atoms with van der Waals surface area (Å²) in [5.74, 6) is -4.89. The summed E-state index contributed by atoms with van der Waals surface area (Å²) in [6, 6.07) is 8.34. The van der Waals surface area contributed by atoms with Crippen LogP contribution in [0.3, 0.4) is 0 Å². The number of hydrogen-bond acceptors (Lipinski definition) is 24. The first-order chi connectivity index (χ1) is 36.3. The maximum Gasteiger partial charge on any atom is 0.335 e. The number of carbonyl (C=O) groups excluding carboxylic acids is 5. The van der Waals surface area contributed by atoms with Crippen LogP contribution < -0.4 is 20.1 Å². The van der Waals surface area contributed by atoms with Crippen molar-refractivity contribution in [2.24, 2.45) is 5.16 Å². The van der Waals surface area contributed by atoms with E-state index in [1.807, 2.05) is 0 Å². The standard InChI is InChI=1S/C48H68N4O24/c1-27(2)51-73-20-19-68-17-18-69-26-37(56)52(11-15-66-13-9-49-44(62)32-21-30(23-70-28(3)53)5-7-35(32)74-47-41(60)38(57)34(55)25-72-47)12-16-67-14-10-50-45(63)33-22-31(24-71-29(4)54)6-8-36(33)75-48-42(61)39(58)40(59)43(76-48)46(64)65/h5-8,21-22,34,38-43,47-48,55,57-61H,9-20,23-26H2,1-4H3,(H,49,62)(H,50,63)(H,64,65)/t34-,38+,39+,40+,41-,42-,43+,47+,48-/m1/s1. The van der Waals surface area contributed by atoms with Crippen molar-refractivity contribution in [1.29, 1.82) is 0 Å². The molecule has 4 rings (SSSR count). The Hall–Kier alpha value is -6.15. The van der Waals surface area contributed by atoms with Crippen LogP contribution >= 0.6 is 0 Å². The summed E-state index contributed by atoms with van der Waals surface area (Å²) in [5.41, 5.74) is 1.33. The highest BCUT2D eigenvalue weighted by atomic mass is 16.7. The average Bonchev–Trinajstić information content (AvgIpc) is 3.38. The lowest BCUT2D eigenvalue weighted by Crippen LogP contribution is -2.61. The van der Waals surface area contributed by atoms with Crippen molar-refractivity contribution in [3.05, 3.63) is 58.7 Å². The third kappa shape index (κ3) is 20.8. The first-order valence-electron chi connectivity index (χ1n) is 24.0. The summed E-state index contributed by atoms with van der Waals surface area (Å²) in [5, 5.41) is 79.8. The zero-order chi connectivity index (χ0) is 55.7. The van der Waals surface area contributed by atoms with Crippen LogP contribution in [0.5, 0.6) is 11.5 Å². The number of nitrogens with one attached hydrogen (secondary N) is 2. The van der Waals surface area contributed by atoms with Gasteiger partial charge in [-0.25, -0.2) is 4.79 Å². The van der Waals surface area contributed by atoms with E-state index >= 15 is 0 Å². The maximum absolute atomic E-state index is 13.5. The minimum Gasteiger partial charge on any atom is -0.479 e. The highest BCUT2D eigenvalue weighted by Gasteiger charge is 2.48. The van der Waals surface area contributed by atoms with Crippen LogP contribution in [0.25, 0.3) is 0 Å². The van der Waals surface area contributed by atoms with Crippen molar-refractivity contribution in [1.82, 2.24) is 15.5 Å². The second kappa shape index (κ2) is 32.4. The van der Waals surface area contributed by atoms with Crippen molar-refractivity contribution in [2.45, 2.75) is 96.2 Å². The lowest BCUT2D eigenvalue weighted by Gasteiger charge is -2.38. The molecule has 424 valence electrons. The molecule has 2 saturated heterocycles. The zero-order valence-electron chi connectivity index (χ0n) is 42.4. The number of amides is 3. The summed E-state index contributed by atoms with van der Waals surface area (Å²) in [6.45, 7) is 5.50. The second-order valence-electron chi connectivity index (χ2n) is 17.1. The molecule has 0 spiro atoms. The van der Waals surface area contributed by atoms with Gasteiger partial charge in [-0.1, -0.05) is 17.3 Å². The molecule has 28 nitrogen and oxygen atoms in total. The SMILES string of the molecule is CC(=O)OCc1ccc(O[C@@H]2O[C@H](C(=O)O)[C@@H](O)[C@H](O)[C@H]2O)c(C(=O)NCCOCCN(CCOCCNC(=O)c2cc(COC(C)=O)ccc2O[C@@H]2OC[C@@H](O)[C@H](O)[C@H]2O)C(=O)COCCOCCON=C(C)C)c1. The molecule has 76 heavy (non-hydrogen) atoms. The number of aliphatic hydroxyl groups is 6. The van der Waals surface area contributed by atoms with Gasteiger partial charge < -0.3 is 103 Å². The van der Waals surface area contributed by atoms with Crippen LogP contribution in [-0.4, -0.2) is 230 Å². The molecular weight excluding hydrogens is 1020 g/mol. The average molecular weight is 1090 g/mol. The van der Waals surface area contributed by atoms with E-state index < -0.39 is 90.9 Å². The molecule has 0 saturated carbocycles. The Kier molecular flexibility index (Phi) is 26.6. The van der Waals surface area contributed by atoms with Crippen LogP contribution in [-0.2, 0) is 75.1 Å². The van der Waals surface area contributed by atoms with E-state index in [-0.39, 0.29) is 128 Å². The van der Waals surface area contributed by atoms with E-state index in [4.69, 9.17) is 52.2 Å². The topological polar surface area (TPSA) is 385 Å². The lowest BCUT2D eigenvalue weighted by atomic mass is 9.99. The van der Waals surface area contributed by atoms with E-state index in [0.717, 1.165) is 5.71 Å².